The molecule has 1 aromatic rings. The van der Waals surface area contributed by atoms with E-state index in [-0.39, 0.29) is 0 Å². The van der Waals surface area contributed by atoms with E-state index in [9.17, 15) is 0 Å². The molecule has 2 saturated carbocycles. The fourth-order valence-electron chi connectivity index (χ4n) is 3.30. The normalized spacial score (nSPS) is 22.9. The van der Waals surface area contributed by atoms with Gasteiger partial charge in [-0.25, -0.2) is 4.98 Å². The smallest absolute Gasteiger partial charge is 0.0962 e. The number of hydrogen-bond acceptors (Lipinski definition) is 3. The Morgan fingerprint density at radius 1 is 1.14 bits per heavy atom. The summed E-state index contributed by atoms with van der Waals surface area (Å²) in [4.78, 5) is 6.62. The highest BCUT2D eigenvalue weighted by atomic mass is 32.1. The molecular formula is C18H30N2S. The maximum atomic E-state index is 5.10. The van der Waals surface area contributed by atoms with Gasteiger partial charge in [0.25, 0.3) is 0 Å². The summed E-state index contributed by atoms with van der Waals surface area (Å²) in [7, 11) is 0. The standard InChI is InChI=1S/C18H30N2S/c1-12(2)19-11-15-16(13-5-6-13)20-17(21-15)14-7-9-18(3,4)10-8-14/h12-14,19H,5-11H2,1-4H3. The maximum absolute atomic E-state index is 5.10. The molecule has 0 saturated heterocycles. The molecule has 2 aliphatic rings. The molecule has 3 heteroatoms. The minimum absolute atomic E-state index is 0.551. The lowest BCUT2D eigenvalue weighted by Gasteiger charge is -2.33. The molecule has 21 heavy (non-hydrogen) atoms. The summed E-state index contributed by atoms with van der Waals surface area (Å²) in [5.41, 5.74) is 1.99. The zero-order chi connectivity index (χ0) is 15.0. The molecule has 0 aromatic carbocycles. The number of nitrogens with one attached hydrogen (secondary N) is 1. The molecule has 2 aliphatic carbocycles. The Morgan fingerprint density at radius 2 is 1.81 bits per heavy atom. The summed E-state index contributed by atoms with van der Waals surface area (Å²) in [6.07, 6.45) is 8.10. The summed E-state index contributed by atoms with van der Waals surface area (Å²) < 4.78 is 0. The lowest BCUT2D eigenvalue weighted by atomic mass is 9.73. The number of hydrogen-bond donors (Lipinski definition) is 1. The van der Waals surface area contributed by atoms with E-state index in [1.54, 1.807) is 0 Å². The van der Waals surface area contributed by atoms with Gasteiger partial charge in [-0.3, -0.25) is 0 Å². The molecule has 3 rings (SSSR count). The SMILES string of the molecule is CC(C)NCc1sc(C2CCC(C)(C)CC2)nc1C1CC1. The third kappa shape index (κ3) is 3.87. The highest BCUT2D eigenvalue weighted by molar-refractivity contribution is 7.11. The minimum atomic E-state index is 0.551. The third-order valence-corrected chi connectivity index (χ3v) is 6.30. The number of aromatic nitrogens is 1. The van der Waals surface area contributed by atoms with Crippen LogP contribution in [0.1, 0.15) is 93.6 Å². The zero-order valence-electron chi connectivity index (χ0n) is 14.0. The Kier molecular flexibility index (Phi) is 4.42. The van der Waals surface area contributed by atoms with Crippen LogP contribution in [-0.4, -0.2) is 11.0 Å². The minimum Gasteiger partial charge on any atom is -0.310 e. The molecule has 1 heterocycles. The molecule has 0 atom stereocenters. The molecule has 0 amide bonds. The molecule has 0 radical (unpaired) electrons. The Labute approximate surface area is 133 Å². The molecule has 0 unspecified atom stereocenters. The van der Waals surface area contributed by atoms with Crippen LogP contribution in [0.25, 0.3) is 0 Å². The van der Waals surface area contributed by atoms with Crippen LogP contribution in [0.5, 0.6) is 0 Å². The van der Waals surface area contributed by atoms with Crippen molar-refractivity contribution in [2.75, 3.05) is 0 Å². The van der Waals surface area contributed by atoms with Crippen molar-refractivity contribution in [1.82, 2.24) is 10.3 Å². The van der Waals surface area contributed by atoms with Crippen molar-refractivity contribution in [3.05, 3.63) is 15.6 Å². The average molecular weight is 307 g/mol. The molecule has 0 bridgehead atoms. The molecule has 2 nitrogen and oxygen atoms in total. The second kappa shape index (κ2) is 6.00. The highest BCUT2D eigenvalue weighted by Gasteiger charge is 2.33. The van der Waals surface area contributed by atoms with E-state index >= 15 is 0 Å². The largest absolute Gasteiger partial charge is 0.310 e. The summed E-state index contributed by atoms with van der Waals surface area (Å²) in [6.45, 7) is 10.3. The summed E-state index contributed by atoms with van der Waals surface area (Å²) in [5.74, 6) is 1.51. The van der Waals surface area contributed by atoms with Crippen molar-refractivity contribution in [2.24, 2.45) is 5.41 Å². The molecule has 118 valence electrons. The van der Waals surface area contributed by atoms with Gasteiger partial charge in [-0.05, 0) is 43.9 Å². The first-order valence-corrected chi connectivity index (χ1v) is 9.49. The maximum Gasteiger partial charge on any atom is 0.0962 e. The Bertz CT molecular complexity index is 475. The summed E-state index contributed by atoms with van der Waals surface area (Å²) in [5, 5.41) is 5.02. The quantitative estimate of drug-likeness (QED) is 0.808. The van der Waals surface area contributed by atoms with Crippen LogP contribution >= 0.6 is 11.3 Å². The van der Waals surface area contributed by atoms with Crippen molar-refractivity contribution in [2.45, 2.75) is 90.6 Å². The van der Waals surface area contributed by atoms with Gasteiger partial charge in [0.1, 0.15) is 0 Å². The van der Waals surface area contributed by atoms with Crippen molar-refractivity contribution in [3.63, 3.8) is 0 Å². The van der Waals surface area contributed by atoms with Crippen LogP contribution in [0, 0.1) is 5.41 Å². The van der Waals surface area contributed by atoms with Crippen LogP contribution in [0.15, 0.2) is 0 Å². The fraction of sp³-hybridized carbons (Fsp3) is 0.833. The van der Waals surface area contributed by atoms with E-state index in [0.717, 1.165) is 18.4 Å². The van der Waals surface area contributed by atoms with Crippen LogP contribution in [0.3, 0.4) is 0 Å². The van der Waals surface area contributed by atoms with Gasteiger partial charge in [0.05, 0.1) is 10.7 Å². The third-order valence-electron chi connectivity index (χ3n) is 5.07. The number of thiazole rings is 1. The summed E-state index contributed by atoms with van der Waals surface area (Å²) in [6, 6.07) is 0.554. The number of nitrogens with zero attached hydrogens (tertiary/aromatic N) is 1. The first kappa shape index (κ1) is 15.5. The molecule has 1 N–H and O–H groups in total. The van der Waals surface area contributed by atoms with Crippen molar-refractivity contribution >= 4 is 11.3 Å². The molecule has 1 aromatic heterocycles. The Balaban J connectivity index is 1.72. The van der Waals surface area contributed by atoms with Gasteiger partial charge in [-0.15, -0.1) is 11.3 Å². The van der Waals surface area contributed by atoms with Gasteiger partial charge in [0, 0.05) is 29.3 Å². The van der Waals surface area contributed by atoms with E-state index < -0.39 is 0 Å². The van der Waals surface area contributed by atoms with Crippen molar-refractivity contribution < 1.29 is 0 Å². The average Bonchev–Trinajstić information content (AvgIpc) is 3.17. The molecular weight excluding hydrogens is 276 g/mol. The second-order valence-electron chi connectivity index (χ2n) is 8.11. The van der Waals surface area contributed by atoms with Crippen LogP contribution in [0.2, 0.25) is 0 Å². The Morgan fingerprint density at radius 3 is 2.38 bits per heavy atom. The summed E-state index contributed by atoms with van der Waals surface area (Å²) >= 11 is 2.00. The second-order valence-corrected chi connectivity index (χ2v) is 9.22. The van der Waals surface area contributed by atoms with Gasteiger partial charge in [0.15, 0.2) is 0 Å². The fourth-order valence-corrected chi connectivity index (χ4v) is 4.57. The van der Waals surface area contributed by atoms with Gasteiger partial charge in [0.2, 0.25) is 0 Å². The van der Waals surface area contributed by atoms with Crippen molar-refractivity contribution in [3.8, 4) is 0 Å². The van der Waals surface area contributed by atoms with Gasteiger partial charge >= 0.3 is 0 Å². The van der Waals surface area contributed by atoms with Crippen LogP contribution in [-0.2, 0) is 6.54 Å². The van der Waals surface area contributed by atoms with Crippen molar-refractivity contribution in [1.29, 1.82) is 0 Å². The van der Waals surface area contributed by atoms with Crippen LogP contribution in [0.4, 0.5) is 0 Å². The lowest BCUT2D eigenvalue weighted by Crippen LogP contribution is -2.21. The molecule has 0 spiro atoms. The predicted octanol–water partition coefficient (Wildman–Crippen LogP) is 5.20. The van der Waals surface area contributed by atoms with E-state index in [4.69, 9.17) is 4.98 Å². The topological polar surface area (TPSA) is 24.9 Å². The predicted molar refractivity (Wildman–Crippen MR) is 91.1 cm³/mol. The first-order valence-electron chi connectivity index (χ1n) is 8.67. The molecule has 2 fully saturated rings. The Hall–Kier alpha value is -0.410. The lowest BCUT2D eigenvalue weighted by molar-refractivity contribution is 0.224. The van der Waals surface area contributed by atoms with Gasteiger partial charge < -0.3 is 5.32 Å². The highest BCUT2D eigenvalue weighted by Crippen LogP contribution is 2.47. The van der Waals surface area contributed by atoms with E-state index in [0.29, 0.717) is 11.5 Å². The first-order chi connectivity index (χ1) is 9.94. The zero-order valence-corrected chi connectivity index (χ0v) is 14.9. The van der Waals surface area contributed by atoms with Gasteiger partial charge in [-0.2, -0.15) is 0 Å². The monoisotopic (exact) mass is 306 g/mol. The van der Waals surface area contributed by atoms with E-state index in [2.05, 4.69) is 33.0 Å². The molecule has 0 aliphatic heterocycles. The number of rotatable bonds is 5. The van der Waals surface area contributed by atoms with E-state index in [1.807, 2.05) is 11.3 Å². The van der Waals surface area contributed by atoms with Crippen LogP contribution < -0.4 is 5.32 Å². The van der Waals surface area contributed by atoms with Gasteiger partial charge in [-0.1, -0.05) is 27.7 Å². The van der Waals surface area contributed by atoms with E-state index in [1.165, 1.54) is 54.1 Å².